The van der Waals surface area contributed by atoms with Crippen molar-refractivity contribution in [3.63, 3.8) is 0 Å². The van der Waals surface area contributed by atoms with Crippen LogP contribution in [0.25, 0.3) is 0 Å². The molecule has 0 aromatic heterocycles. The van der Waals surface area contributed by atoms with Crippen molar-refractivity contribution < 1.29 is 9.22 Å². The SMILES string of the molecule is CCCC[Si](C)(C)OC(=O)C1CC2C=CC1C2. The molecule has 2 rings (SSSR count). The number of hydrogen-bond donors (Lipinski definition) is 0. The van der Waals surface area contributed by atoms with E-state index in [1.165, 1.54) is 19.3 Å². The summed E-state index contributed by atoms with van der Waals surface area (Å²) in [5, 5.41) is 0. The summed E-state index contributed by atoms with van der Waals surface area (Å²) in [6.07, 6.45) is 9.07. The molecule has 0 aromatic rings. The molecule has 0 aromatic carbocycles. The van der Waals surface area contributed by atoms with Crippen LogP contribution >= 0.6 is 0 Å². The summed E-state index contributed by atoms with van der Waals surface area (Å²) in [5.41, 5.74) is 0. The zero-order valence-electron chi connectivity index (χ0n) is 11.2. The Hall–Kier alpha value is -0.573. The van der Waals surface area contributed by atoms with Crippen LogP contribution in [-0.2, 0) is 9.22 Å². The highest BCUT2D eigenvalue weighted by Crippen LogP contribution is 2.44. The molecule has 17 heavy (non-hydrogen) atoms. The molecule has 0 radical (unpaired) electrons. The van der Waals surface area contributed by atoms with Crippen molar-refractivity contribution in [3.8, 4) is 0 Å². The third kappa shape index (κ3) is 3.00. The number of rotatable bonds is 5. The lowest BCUT2D eigenvalue weighted by Crippen LogP contribution is -2.36. The van der Waals surface area contributed by atoms with Gasteiger partial charge in [-0.05, 0) is 43.8 Å². The van der Waals surface area contributed by atoms with Gasteiger partial charge in [-0.3, -0.25) is 4.79 Å². The monoisotopic (exact) mass is 252 g/mol. The first-order valence-electron chi connectivity index (χ1n) is 6.93. The highest BCUT2D eigenvalue weighted by Gasteiger charge is 2.42. The van der Waals surface area contributed by atoms with Crippen molar-refractivity contribution in [2.24, 2.45) is 17.8 Å². The van der Waals surface area contributed by atoms with Crippen LogP contribution in [0.5, 0.6) is 0 Å². The van der Waals surface area contributed by atoms with Gasteiger partial charge >= 0.3 is 0 Å². The summed E-state index contributed by atoms with van der Waals surface area (Å²) in [6.45, 7) is 6.53. The summed E-state index contributed by atoms with van der Waals surface area (Å²) >= 11 is 0. The Kier molecular flexibility index (Phi) is 3.76. The quantitative estimate of drug-likeness (QED) is 0.550. The number of carbonyl (C=O) groups excluding carboxylic acids is 1. The summed E-state index contributed by atoms with van der Waals surface area (Å²) in [4.78, 5) is 12.2. The highest BCUT2D eigenvalue weighted by atomic mass is 28.4. The molecule has 0 N–H and O–H groups in total. The van der Waals surface area contributed by atoms with E-state index in [2.05, 4.69) is 32.2 Å². The number of unbranched alkanes of at least 4 members (excludes halogenated alkanes) is 1. The summed E-state index contributed by atoms with van der Waals surface area (Å²) in [6, 6.07) is 1.10. The van der Waals surface area contributed by atoms with Crippen molar-refractivity contribution in [2.75, 3.05) is 0 Å². The molecule has 0 aliphatic heterocycles. The predicted molar refractivity (Wildman–Crippen MR) is 72.1 cm³/mol. The fourth-order valence-corrected chi connectivity index (χ4v) is 5.06. The predicted octanol–water partition coefficient (Wildman–Crippen LogP) is 3.75. The minimum absolute atomic E-state index is 0.0922. The molecule has 0 saturated heterocycles. The maximum Gasteiger partial charge on any atom is 0.296 e. The maximum absolute atomic E-state index is 12.2. The van der Waals surface area contributed by atoms with Crippen molar-refractivity contribution in [1.82, 2.24) is 0 Å². The van der Waals surface area contributed by atoms with Crippen LogP contribution < -0.4 is 0 Å². The Morgan fingerprint density at radius 2 is 2.12 bits per heavy atom. The van der Waals surface area contributed by atoms with Crippen LogP contribution in [0.4, 0.5) is 0 Å². The van der Waals surface area contributed by atoms with Gasteiger partial charge < -0.3 is 4.43 Å². The molecule has 2 aliphatic rings. The Labute approximate surface area is 106 Å². The molecule has 2 bridgehead atoms. The third-order valence-corrected chi connectivity index (χ3v) is 6.40. The number of hydrogen-bond acceptors (Lipinski definition) is 2. The van der Waals surface area contributed by atoms with Crippen LogP contribution in [0, 0.1) is 17.8 Å². The van der Waals surface area contributed by atoms with Gasteiger partial charge in [0.05, 0.1) is 5.92 Å². The molecule has 96 valence electrons. The van der Waals surface area contributed by atoms with Crippen LogP contribution in [-0.4, -0.2) is 14.3 Å². The molecule has 0 heterocycles. The van der Waals surface area contributed by atoms with Gasteiger partial charge in [0.25, 0.3) is 5.97 Å². The van der Waals surface area contributed by atoms with Gasteiger partial charge in [-0.25, -0.2) is 0 Å². The fourth-order valence-electron chi connectivity index (χ4n) is 3.05. The van der Waals surface area contributed by atoms with Gasteiger partial charge in [0, 0.05) is 0 Å². The number of allylic oxidation sites excluding steroid dienone is 2. The van der Waals surface area contributed by atoms with Gasteiger partial charge in [0.1, 0.15) is 0 Å². The molecule has 3 heteroatoms. The third-order valence-electron chi connectivity index (χ3n) is 4.09. The molecule has 2 aliphatic carbocycles. The number of fused-ring (bicyclic) bond motifs is 2. The van der Waals surface area contributed by atoms with E-state index in [9.17, 15) is 4.79 Å². The zero-order chi connectivity index (χ0) is 12.5. The molecule has 0 amide bonds. The van der Waals surface area contributed by atoms with Crippen molar-refractivity contribution in [2.45, 2.75) is 51.7 Å². The molecule has 3 atom stereocenters. The van der Waals surface area contributed by atoms with Crippen molar-refractivity contribution in [3.05, 3.63) is 12.2 Å². The van der Waals surface area contributed by atoms with E-state index in [1.807, 2.05) is 0 Å². The van der Waals surface area contributed by atoms with Gasteiger partial charge in [-0.1, -0.05) is 31.9 Å². The zero-order valence-corrected chi connectivity index (χ0v) is 12.2. The van der Waals surface area contributed by atoms with Crippen LogP contribution in [0.2, 0.25) is 19.1 Å². The first-order valence-corrected chi connectivity index (χ1v) is 10.0. The minimum atomic E-state index is -1.76. The normalized spacial score (nSPS) is 30.9. The largest absolute Gasteiger partial charge is 0.519 e. The second kappa shape index (κ2) is 4.97. The van der Waals surface area contributed by atoms with Crippen molar-refractivity contribution >= 4 is 14.3 Å². The van der Waals surface area contributed by atoms with E-state index >= 15 is 0 Å². The Balaban J connectivity index is 1.86. The molecule has 3 unspecified atom stereocenters. The second-order valence-corrected chi connectivity index (χ2v) is 10.4. The Morgan fingerprint density at radius 3 is 2.65 bits per heavy atom. The van der Waals surface area contributed by atoms with Crippen LogP contribution in [0.15, 0.2) is 12.2 Å². The first-order chi connectivity index (χ1) is 8.02. The lowest BCUT2D eigenvalue weighted by molar-refractivity contribution is -0.140. The highest BCUT2D eigenvalue weighted by molar-refractivity contribution is 6.72. The van der Waals surface area contributed by atoms with Gasteiger partial charge in [0.2, 0.25) is 8.32 Å². The second-order valence-electron chi connectivity index (χ2n) is 6.17. The minimum Gasteiger partial charge on any atom is -0.519 e. The summed E-state index contributed by atoms with van der Waals surface area (Å²) in [7, 11) is -1.76. The standard InChI is InChI=1S/C14H24O2Si/c1-4-5-8-17(2,3)16-14(15)13-10-11-6-7-12(13)9-11/h6-7,11-13H,4-5,8-10H2,1-3H3. The summed E-state index contributed by atoms with van der Waals surface area (Å²) < 4.78 is 5.84. The Bertz CT molecular complexity index is 322. The fraction of sp³-hybridized carbons (Fsp3) is 0.786. The van der Waals surface area contributed by atoms with Crippen molar-refractivity contribution in [1.29, 1.82) is 0 Å². The van der Waals surface area contributed by atoms with Gasteiger partial charge in [-0.2, -0.15) is 0 Å². The molecule has 2 nitrogen and oxygen atoms in total. The topological polar surface area (TPSA) is 26.3 Å². The molecular formula is C14H24O2Si. The van der Waals surface area contributed by atoms with E-state index in [-0.39, 0.29) is 11.9 Å². The maximum atomic E-state index is 12.2. The lowest BCUT2D eigenvalue weighted by atomic mass is 9.94. The average Bonchev–Trinajstić information content (AvgIpc) is 2.87. The molecule has 0 spiro atoms. The number of carbonyl (C=O) groups is 1. The van der Waals surface area contributed by atoms with Gasteiger partial charge in [-0.15, -0.1) is 0 Å². The Morgan fingerprint density at radius 1 is 1.35 bits per heavy atom. The first kappa shape index (κ1) is 12.9. The summed E-state index contributed by atoms with van der Waals surface area (Å²) in [5.74, 6) is 1.38. The van der Waals surface area contributed by atoms with E-state index in [1.54, 1.807) is 0 Å². The molecule has 1 fully saturated rings. The van der Waals surface area contributed by atoms with E-state index in [0.29, 0.717) is 11.8 Å². The lowest BCUT2D eigenvalue weighted by Gasteiger charge is -2.26. The van der Waals surface area contributed by atoms with E-state index in [4.69, 9.17) is 4.43 Å². The van der Waals surface area contributed by atoms with E-state index in [0.717, 1.165) is 12.5 Å². The van der Waals surface area contributed by atoms with Crippen LogP contribution in [0.1, 0.15) is 32.6 Å². The van der Waals surface area contributed by atoms with Gasteiger partial charge in [0.15, 0.2) is 0 Å². The smallest absolute Gasteiger partial charge is 0.296 e. The van der Waals surface area contributed by atoms with Crippen LogP contribution in [0.3, 0.4) is 0 Å². The molecule has 1 saturated carbocycles. The van der Waals surface area contributed by atoms with E-state index < -0.39 is 8.32 Å². The average molecular weight is 252 g/mol. The molecular weight excluding hydrogens is 228 g/mol.